The summed E-state index contributed by atoms with van der Waals surface area (Å²) in [4.78, 5) is 29.0. The minimum absolute atomic E-state index is 0.0964. The van der Waals surface area contributed by atoms with Gasteiger partial charge in [0.05, 0.1) is 11.3 Å². The van der Waals surface area contributed by atoms with Crippen LogP contribution in [0, 0.1) is 23.2 Å². The van der Waals surface area contributed by atoms with E-state index in [1.54, 1.807) is 6.20 Å². The van der Waals surface area contributed by atoms with Gasteiger partial charge in [0.25, 0.3) is 0 Å². The zero-order chi connectivity index (χ0) is 23.3. The summed E-state index contributed by atoms with van der Waals surface area (Å²) in [5.74, 6) is 1.66. The molecule has 0 bridgehead atoms. The molecular weight excluding hydrogens is 436 g/mol. The molecule has 3 aromatic rings. The van der Waals surface area contributed by atoms with Crippen LogP contribution in [0.2, 0.25) is 0 Å². The lowest BCUT2D eigenvalue weighted by atomic mass is 9.96. The third-order valence-corrected chi connectivity index (χ3v) is 7.53. The number of nitrogens with zero attached hydrogens (tertiary/aromatic N) is 6. The fourth-order valence-corrected chi connectivity index (χ4v) is 5.89. The standard InChI is InChI=1S/C23H28N8OS/c1-23(2,3)20-27-21(33-29-20)28-22(32)31-11-13-7-16(8-14(13)12-31)30(4)18-15(9-24)10-26-19-17(18)5-6-25-19/h5-6,10,13-14,16H,7-8,11-12H2,1-4H3,(H,25,26)(H,27,28,29,32)/t13-,14?,16+/m1/s1. The Morgan fingerprint density at radius 3 is 2.70 bits per heavy atom. The quantitative estimate of drug-likeness (QED) is 0.606. The molecule has 1 aliphatic carbocycles. The second kappa shape index (κ2) is 7.99. The van der Waals surface area contributed by atoms with Gasteiger partial charge >= 0.3 is 6.03 Å². The molecule has 3 atom stereocenters. The van der Waals surface area contributed by atoms with Crippen molar-refractivity contribution < 1.29 is 4.79 Å². The summed E-state index contributed by atoms with van der Waals surface area (Å²) in [5.41, 5.74) is 2.18. The van der Waals surface area contributed by atoms with Crippen molar-refractivity contribution >= 4 is 39.4 Å². The van der Waals surface area contributed by atoms with E-state index >= 15 is 0 Å². The van der Waals surface area contributed by atoms with Gasteiger partial charge in [0.2, 0.25) is 5.13 Å². The fraction of sp³-hybridized carbons (Fsp3) is 0.522. The minimum atomic E-state index is -0.141. The molecule has 4 heterocycles. The Kier molecular flexibility index (Phi) is 5.24. The Bertz CT molecular complexity index is 1220. The number of urea groups is 1. The van der Waals surface area contributed by atoms with Gasteiger partial charge < -0.3 is 14.8 Å². The van der Waals surface area contributed by atoms with Crippen LogP contribution in [0.15, 0.2) is 18.5 Å². The van der Waals surface area contributed by atoms with Crippen molar-refractivity contribution in [3.8, 4) is 6.07 Å². The molecule has 2 fully saturated rings. The third-order valence-electron chi connectivity index (χ3n) is 6.90. The number of hydrogen-bond acceptors (Lipinski definition) is 7. The molecule has 3 aromatic heterocycles. The van der Waals surface area contributed by atoms with Crippen LogP contribution in [0.5, 0.6) is 0 Å². The summed E-state index contributed by atoms with van der Waals surface area (Å²) in [7, 11) is 2.07. The maximum atomic E-state index is 12.8. The number of nitrogens with one attached hydrogen (secondary N) is 2. The summed E-state index contributed by atoms with van der Waals surface area (Å²) in [5, 5.41) is 14.1. The fourth-order valence-electron chi connectivity index (χ4n) is 5.14. The van der Waals surface area contributed by atoms with E-state index in [1.807, 2.05) is 17.2 Å². The lowest BCUT2D eigenvalue weighted by molar-refractivity contribution is 0.218. The number of amides is 2. The lowest BCUT2D eigenvalue weighted by Gasteiger charge is -2.29. The maximum absolute atomic E-state index is 12.8. The van der Waals surface area contributed by atoms with Crippen molar-refractivity contribution in [1.82, 2.24) is 24.2 Å². The molecule has 1 aliphatic heterocycles. The Morgan fingerprint density at radius 2 is 2.06 bits per heavy atom. The van der Waals surface area contributed by atoms with Crippen LogP contribution in [-0.4, -0.2) is 56.4 Å². The number of aromatic amines is 1. The molecule has 1 unspecified atom stereocenters. The number of fused-ring (bicyclic) bond motifs is 2. The Labute approximate surface area is 197 Å². The van der Waals surface area contributed by atoms with E-state index < -0.39 is 0 Å². The molecule has 1 saturated carbocycles. The number of rotatable bonds is 3. The number of carbonyl (C=O) groups is 1. The summed E-state index contributed by atoms with van der Waals surface area (Å²) in [6.45, 7) is 7.66. The molecule has 172 valence electrons. The van der Waals surface area contributed by atoms with Gasteiger partial charge in [-0.25, -0.2) is 14.8 Å². The second-order valence-corrected chi connectivity index (χ2v) is 10.9. The van der Waals surface area contributed by atoms with Crippen molar-refractivity contribution in [3.05, 3.63) is 29.8 Å². The largest absolute Gasteiger partial charge is 0.370 e. The topological polar surface area (TPSA) is 114 Å². The third kappa shape index (κ3) is 3.91. The van der Waals surface area contributed by atoms with Crippen LogP contribution in [0.25, 0.3) is 11.0 Å². The molecule has 0 aromatic carbocycles. The SMILES string of the molecule is CN(c1c(C#N)cnc2[nH]ccc12)[C@@H]1CC2CN(C(=O)Nc3nc(C(C)(C)C)ns3)C[C@H]2C1. The van der Waals surface area contributed by atoms with Crippen molar-refractivity contribution in [2.45, 2.75) is 45.1 Å². The zero-order valence-electron chi connectivity index (χ0n) is 19.3. The summed E-state index contributed by atoms with van der Waals surface area (Å²) >= 11 is 1.23. The zero-order valence-corrected chi connectivity index (χ0v) is 20.1. The second-order valence-electron chi connectivity index (χ2n) is 10.1. The number of anilines is 2. The molecule has 9 nitrogen and oxygen atoms in total. The first-order chi connectivity index (χ1) is 15.7. The number of aromatic nitrogens is 4. The summed E-state index contributed by atoms with van der Waals surface area (Å²) < 4.78 is 4.38. The Hall–Kier alpha value is -3.19. The molecule has 5 rings (SSSR count). The molecule has 0 radical (unpaired) electrons. The van der Waals surface area contributed by atoms with Crippen LogP contribution in [0.4, 0.5) is 15.6 Å². The van der Waals surface area contributed by atoms with Crippen molar-refractivity contribution in [2.75, 3.05) is 30.4 Å². The van der Waals surface area contributed by atoms with E-state index in [1.165, 1.54) is 11.5 Å². The number of nitriles is 1. The van der Waals surface area contributed by atoms with Gasteiger partial charge in [-0.05, 0) is 30.7 Å². The predicted octanol–water partition coefficient (Wildman–Crippen LogP) is 3.96. The van der Waals surface area contributed by atoms with Crippen molar-refractivity contribution in [2.24, 2.45) is 11.8 Å². The first-order valence-corrected chi connectivity index (χ1v) is 12.0. The maximum Gasteiger partial charge on any atom is 0.323 e. The van der Waals surface area contributed by atoms with Crippen LogP contribution < -0.4 is 10.2 Å². The molecule has 2 aliphatic rings. The number of pyridine rings is 1. The molecular formula is C23H28N8OS. The monoisotopic (exact) mass is 464 g/mol. The molecule has 10 heteroatoms. The van der Waals surface area contributed by atoms with Crippen molar-refractivity contribution in [1.29, 1.82) is 5.26 Å². The van der Waals surface area contributed by atoms with Gasteiger partial charge in [-0.15, -0.1) is 0 Å². The van der Waals surface area contributed by atoms with Crippen LogP contribution in [0.1, 0.15) is 45.0 Å². The first-order valence-electron chi connectivity index (χ1n) is 11.2. The van der Waals surface area contributed by atoms with Gasteiger partial charge in [0.1, 0.15) is 17.5 Å². The predicted molar refractivity (Wildman–Crippen MR) is 128 cm³/mol. The molecule has 0 spiro atoms. The van der Waals surface area contributed by atoms with Crippen LogP contribution in [0.3, 0.4) is 0 Å². The van der Waals surface area contributed by atoms with Crippen LogP contribution in [-0.2, 0) is 5.41 Å². The highest BCUT2D eigenvalue weighted by Crippen LogP contribution is 2.42. The lowest BCUT2D eigenvalue weighted by Crippen LogP contribution is -2.36. The molecule has 1 saturated heterocycles. The normalized spacial score (nSPS) is 22.4. The number of H-pyrrole nitrogens is 1. The summed E-state index contributed by atoms with van der Waals surface area (Å²) in [6, 6.07) is 4.51. The van der Waals surface area contributed by atoms with Gasteiger partial charge in [-0.2, -0.15) is 9.64 Å². The highest BCUT2D eigenvalue weighted by molar-refractivity contribution is 7.09. The van der Waals surface area contributed by atoms with Gasteiger partial charge in [0.15, 0.2) is 0 Å². The van der Waals surface area contributed by atoms with E-state index in [2.05, 4.69) is 63.4 Å². The Morgan fingerprint density at radius 1 is 1.33 bits per heavy atom. The van der Waals surface area contributed by atoms with E-state index in [0.29, 0.717) is 28.6 Å². The van der Waals surface area contributed by atoms with Gasteiger partial charge in [-0.1, -0.05) is 20.8 Å². The molecule has 2 amide bonds. The minimum Gasteiger partial charge on any atom is -0.370 e. The van der Waals surface area contributed by atoms with Gasteiger partial charge in [0, 0.05) is 60.9 Å². The Balaban J connectivity index is 1.24. The van der Waals surface area contributed by atoms with Crippen molar-refractivity contribution in [3.63, 3.8) is 0 Å². The van der Waals surface area contributed by atoms with Crippen LogP contribution >= 0.6 is 11.5 Å². The smallest absolute Gasteiger partial charge is 0.323 e. The number of likely N-dealkylation sites (tertiary alicyclic amines) is 1. The van der Waals surface area contributed by atoms with E-state index in [9.17, 15) is 10.1 Å². The van der Waals surface area contributed by atoms with E-state index in [0.717, 1.165) is 48.5 Å². The number of carbonyl (C=O) groups excluding carboxylic acids is 1. The van der Waals surface area contributed by atoms with Gasteiger partial charge in [-0.3, -0.25) is 5.32 Å². The highest BCUT2D eigenvalue weighted by atomic mass is 32.1. The highest BCUT2D eigenvalue weighted by Gasteiger charge is 2.44. The molecule has 33 heavy (non-hydrogen) atoms. The van der Waals surface area contributed by atoms with E-state index in [4.69, 9.17) is 0 Å². The first kappa shape index (κ1) is 21.6. The number of hydrogen-bond donors (Lipinski definition) is 2. The summed E-state index contributed by atoms with van der Waals surface area (Å²) in [6.07, 6.45) is 5.50. The average Bonchev–Trinajstić information content (AvgIpc) is 3.54. The average molecular weight is 465 g/mol. The van der Waals surface area contributed by atoms with E-state index in [-0.39, 0.29) is 11.4 Å². The molecule has 2 N–H and O–H groups in total.